The third kappa shape index (κ3) is 4.36. The maximum Gasteiger partial charge on any atom is 0.267 e. The molecule has 2 aliphatic heterocycles. The number of benzene rings is 1. The highest BCUT2D eigenvalue weighted by Crippen LogP contribution is 2.35. The summed E-state index contributed by atoms with van der Waals surface area (Å²) in [4.78, 5) is 33.4. The molecule has 37 heavy (non-hydrogen) atoms. The van der Waals surface area contributed by atoms with Crippen LogP contribution in [0.5, 0.6) is 11.5 Å². The Balaban J connectivity index is 1.37. The smallest absolute Gasteiger partial charge is 0.267 e. The maximum atomic E-state index is 13.6. The van der Waals surface area contributed by atoms with Gasteiger partial charge >= 0.3 is 0 Å². The fourth-order valence-electron chi connectivity index (χ4n) is 4.14. The summed E-state index contributed by atoms with van der Waals surface area (Å²) < 4.78 is 18.1. The van der Waals surface area contributed by atoms with E-state index >= 15 is 0 Å². The molecule has 11 heteroatoms. The number of pyridine rings is 1. The van der Waals surface area contributed by atoms with Gasteiger partial charge < -0.3 is 19.2 Å². The first kappa shape index (κ1) is 23.3. The van der Waals surface area contributed by atoms with E-state index in [0.29, 0.717) is 44.5 Å². The largest absolute Gasteiger partial charge is 0.467 e. The number of nitrogens with one attached hydrogen (secondary N) is 1. The Morgan fingerprint density at radius 1 is 1.16 bits per heavy atom. The molecule has 4 aromatic rings. The number of thioether (sulfide) groups is 1. The highest BCUT2D eigenvalue weighted by Gasteiger charge is 2.33. The Kier molecular flexibility index (Phi) is 5.93. The number of aryl methyl sites for hydroxylation is 1. The first-order valence-electron chi connectivity index (χ1n) is 11.4. The molecule has 0 bridgehead atoms. The monoisotopic (exact) mass is 532 g/mol. The molecule has 0 aliphatic carbocycles. The molecule has 0 radical (unpaired) electrons. The first-order valence-corrected chi connectivity index (χ1v) is 12.6. The van der Waals surface area contributed by atoms with Crippen LogP contribution in [0.2, 0.25) is 0 Å². The summed E-state index contributed by atoms with van der Waals surface area (Å²) in [5.41, 5.74) is 2.28. The van der Waals surface area contributed by atoms with Crippen molar-refractivity contribution < 1.29 is 18.7 Å². The van der Waals surface area contributed by atoms with E-state index in [1.807, 2.05) is 31.2 Å². The van der Waals surface area contributed by atoms with Crippen LogP contribution in [0.4, 0.5) is 5.82 Å². The maximum absolute atomic E-state index is 13.6. The van der Waals surface area contributed by atoms with Crippen molar-refractivity contribution in [3.8, 4) is 11.5 Å². The van der Waals surface area contributed by atoms with Gasteiger partial charge in [-0.25, -0.2) is 4.98 Å². The van der Waals surface area contributed by atoms with E-state index in [1.165, 1.54) is 9.30 Å². The molecule has 0 saturated carbocycles. The number of amides is 1. The van der Waals surface area contributed by atoms with Crippen LogP contribution in [0.1, 0.15) is 22.5 Å². The summed E-state index contributed by atoms with van der Waals surface area (Å²) in [5, 5.41) is 3.28. The van der Waals surface area contributed by atoms with Crippen LogP contribution in [0.25, 0.3) is 11.7 Å². The van der Waals surface area contributed by atoms with Gasteiger partial charge in [-0.15, -0.1) is 0 Å². The summed E-state index contributed by atoms with van der Waals surface area (Å²) in [6.07, 6.45) is 4.77. The Morgan fingerprint density at radius 3 is 2.86 bits per heavy atom. The van der Waals surface area contributed by atoms with Gasteiger partial charge in [0.2, 0.25) is 6.79 Å². The second-order valence-electron chi connectivity index (χ2n) is 8.45. The molecule has 0 spiro atoms. The van der Waals surface area contributed by atoms with Crippen molar-refractivity contribution in [3.05, 3.63) is 92.6 Å². The summed E-state index contributed by atoms with van der Waals surface area (Å²) in [6, 6.07) is 12.9. The zero-order valence-corrected chi connectivity index (χ0v) is 21.2. The lowest BCUT2D eigenvalue weighted by Crippen LogP contribution is -2.27. The number of hydrogen-bond donors (Lipinski definition) is 1. The number of thiocarbonyl (C=S) groups is 1. The van der Waals surface area contributed by atoms with Gasteiger partial charge in [0.25, 0.3) is 11.5 Å². The normalized spacial score (nSPS) is 15.8. The standard InChI is InChI=1S/C26H20N4O5S2/c1-15-4-2-8-29-23(15)28-22(27-12-16-6-7-19-20(10-16)35-14-34-19)18(24(29)31)11-21-25(32)30(26(36)37-21)13-17-5-3-9-33-17/h2-11,27H,12-14H2,1H3. The number of aromatic nitrogens is 2. The molecule has 1 saturated heterocycles. The molecule has 1 aromatic carbocycles. The van der Waals surface area contributed by atoms with Crippen LogP contribution in [-0.2, 0) is 17.9 Å². The second-order valence-corrected chi connectivity index (χ2v) is 10.1. The average molecular weight is 533 g/mol. The number of furan rings is 1. The van der Waals surface area contributed by atoms with E-state index in [9.17, 15) is 9.59 Å². The predicted octanol–water partition coefficient (Wildman–Crippen LogP) is 4.34. The van der Waals surface area contributed by atoms with E-state index < -0.39 is 0 Å². The van der Waals surface area contributed by atoms with E-state index in [1.54, 1.807) is 36.7 Å². The van der Waals surface area contributed by atoms with Crippen LogP contribution in [0.3, 0.4) is 0 Å². The molecule has 5 heterocycles. The lowest BCUT2D eigenvalue weighted by atomic mass is 10.2. The lowest BCUT2D eigenvalue weighted by molar-refractivity contribution is -0.122. The minimum atomic E-state index is -0.293. The van der Waals surface area contributed by atoms with Crippen molar-refractivity contribution in [1.29, 1.82) is 0 Å². The van der Waals surface area contributed by atoms with Crippen molar-refractivity contribution in [2.45, 2.75) is 20.0 Å². The number of hydrogen-bond acceptors (Lipinski definition) is 9. The minimum absolute atomic E-state index is 0.191. The summed E-state index contributed by atoms with van der Waals surface area (Å²) in [7, 11) is 0. The highest BCUT2D eigenvalue weighted by molar-refractivity contribution is 8.26. The molecule has 0 unspecified atom stereocenters. The molecular weight excluding hydrogens is 512 g/mol. The average Bonchev–Trinajstić information content (AvgIpc) is 3.63. The fourth-order valence-corrected chi connectivity index (χ4v) is 5.38. The van der Waals surface area contributed by atoms with Crippen LogP contribution >= 0.6 is 24.0 Å². The van der Waals surface area contributed by atoms with Gasteiger partial charge in [-0.2, -0.15) is 0 Å². The molecule has 1 fully saturated rings. The Bertz CT molecular complexity index is 1640. The highest BCUT2D eigenvalue weighted by atomic mass is 32.2. The van der Waals surface area contributed by atoms with Crippen molar-refractivity contribution in [3.63, 3.8) is 0 Å². The quantitative estimate of drug-likeness (QED) is 0.287. The fraction of sp³-hybridized carbons (Fsp3) is 0.154. The van der Waals surface area contributed by atoms with Gasteiger partial charge in [-0.1, -0.05) is 36.1 Å². The number of ether oxygens (including phenoxy) is 2. The molecule has 6 rings (SSSR count). The predicted molar refractivity (Wildman–Crippen MR) is 144 cm³/mol. The van der Waals surface area contributed by atoms with Crippen LogP contribution in [0, 0.1) is 6.92 Å². The Morgan fingerprint density at radius 2 is 2.03 bits per heavy atom. The van der Waals surface area contributed by atoms with Crippen LogP contribution in [0.15, 0.2) is 69.0 Å². The Labute approximate surface area is 220 Å². The molecule has 1 amide bonds. The SMILES string of the molecule is Cc1cccn2c(=O)c(C=C3SC(=S)N(Cc4ccco4)C3=O)c(NCc3ccc4c(c3)OCO4)nc12. The molecule has 2 aliphatic rings. The van der Waals surface area contributed by atoms with Crippen molar-refractivity contribution >= 4 is 51.7 Å². The third-order valence-electron chi connectivity index (χ3n) is 6.02. The van der Waals surface area contributed by atoms with Crippen molar-refractivity contribution in [2.24, 2.45) is 0 Å². The van der Waals surface area contributed by atoms with Gasteiger partial charge in [0, 0.05) is 12.7 Å². The van der Waals surface area contributed by atoms with Crippen molar-refractivity contribution in [2.75, 3.05) is 12.1 Å². The number of rotatable bonds is 6. The van der Waals surface area contributed by atoms with Gasteiger partial charge in [0.15, 0.2) is 11.5 Å². The molecule has 186 valence electrons. The number of fused-ring (bicyclic) bond motifs is 2. The summed E-state index contributed by atoms with van der Waals surface area (Å²) in [6.45, 7) is 2.68. The zero-order chi connectivity index (χ0) is 25.5. The Hall–Kier alpha value is -4.09. The number of carbonyl (C=O) groups excluding carboxylic acids is 1. The molecule has 3 aromatic heterocycles. The third-order valence-corrected chi connectivity index (χ3v) is 7.40. The minimum Gasteiger partial charge on any atom is -0.467 e. The molecule has 1 N–H and O–H groups in total. The first-order chi connectivity index (χ1) is 18.0. The van der Waals surface area contributed by atoms with Crippen LogP contribution < -0.4 is 20.3 Å². The zero-order valence-electron chi connectivity index (χ0n) is 19.6. The molecular formula is C26H20N4O5S2. The van der Waals surface area contributed by atoms with Gasteiger partial charge in [0.05, 0.1) is 23.3 Å². The van der Waals surface area contributed by atoms with E-state index in [2.05, 4.69) is 5.32 Å². The van der Waals surface area contributed by atoms with Crippen LogP contribution in [-0.4, -0.2) is 31.3 Å². The molecule has 0 atom stereocenters. The van der Waals surface area contributed by atoms with Crippen molar-refractivity contribution in [1.82, 2.24) is 14.3 Å². The second kappa shape index (κ2) is 9.41. The van der Waals surface area contributed by atoms with E-state index in [-0.39, 0.29) is 30.4 Å². The summed E-state index contributed by atoms with van der Waals surface area (Å²) in [5.74, 6) is 2.06. The number of anilines is 1. The van der Waals surface area contributed by atoms with E-state index in [4.69, 9.17) is 31.1 Å². The topological polar surface area (TPSA) is 98.3 Å². The van der Waals surface area contributed by atoms with E-state index in [0.717, 1.165) is 22.9 Å². The van der Waals surface area contributed by atoms with Gasteiger partial charge in [-0.05, 0) is 54.5 Å². The summed E-state index contributed by atoms with van der Waals surface area (Å²) >= 11 is 6.59. The number of nitrogens with zero attached hydrogens (tertiary/aromatic N) is 3. The lowest BCUT2D eigenvalue weighted by Gasteiger charge is -2.13. The number of carbonyl (C=O) groups is 1. The van der Waals surface area contributed by atoms with Gasteiger partial charge in [0.1, 0.15) is 21.5 Å². The molecule has 9 nitrogen and oxygen atoms in total. The van der Waals surface area contributed by atoms with Gasteiger partial charge in [-0.3, -0.25) is 18.9 Å².